The molecule has 1 aromatic heterocycles. The summed E-state index contributed by atoms with van der Waals surface area (Å²) in [6.45, 7) is 1.68. The molecule has 1 aliphatic rings. The first-order valence-electron chi connectivity index (χ1n) is 9.58. The predicted molar refractivity (Wildman–Crippen MR) is 111 cm³/mol. The molecule has 0 aliphatic heterocycles. The van der Waals surface area contributed by atoms with Crippen molar-refractivity contribution in [1.82, 2.24) is 15.3 Å². The fraction of sp³-hybridized carbons (Fsp3) is 0.381. The maximum absolute atomic E-state index is 12.7. The summed E-state index contributed by atoms with van der Waals surface area (Å²) in [5.41, 5.74) is 0.200. The van der Waals surface area contributed by atoms with Crippen molar-refractivity contribution in [2.24, 2.45) is 5.92 Å². The van der Waals surface area contributed by atoms with Crippen LogP contribution in [0.15, 0.2) is 48.0 Å². The van der Waals surface area contributed by atoms with Crippen LogP contribution >= 0.6 is 0 Å². The van der Waals surface area contributed by atoms with Gasteiger partial charge in [0.25, 0.3) is 5.91 Å². The van der Waals surface area contributed by atoms with Crippen LogP contribution in [0.4, 0.5) is 0 Å². The number of ether oxygens (including phenoxy) is 1. The molecule has 154 valence electrons. The first kappa shape index (κ1) is 21.0. The van der Waals surface area contributed by atoms with Crippen LogP contribution in [0.3, 0.4) is 0 Å². The lowest BCUT2D eigenvalue weighted by Crippen LogP contribution is -2.32. The lowest BCUT2D eigenvalue weighted by molar-refractivity contribution is 0.0943. The molecule has 1 aromatic carbocycles. The number of nitrogens with one attached hydrogen (secondary N) is 1. The largest absolute Gasteiger partial charge is 0.438 e. The number of nitrogens with zero attached hydrogens (tertiary/aromatic N) is 2. The molecule has 0 saturated heterocycles. The van der Waals surface area contributed by atoms with Gasteiger partial charge in [-0.15, -0.1) is 0 Å². The van der Waals surface area contributed by atoms with Gasteiger partial charge in [0.2, 0.25) is 5.88 Å². The van der Waals surface area contributed by atoms with Crippen molar-refractivity contribution in [2.75, 3.05) is 6.26 Å². The molecule has 1 N–H and O–H groups in total. The zero-order chi connectivity index (χ0) is 20.9. The van der Waals surface area contributed by atoms with Crippen LogP contribution < -0.4 is 10.1 Å². The van der Waals surface area contributed by atoms with Gasteiger partial charge in [-0.05, 0) is 25.0 Å². The van der Waals surface area contributed by atoms with Gasteiger partial charge in [0.05, 0.1) is 0 Å². The zero-order valence-corrected chi connectivity index (χ0v) is 17.4. The van der Waals surface area contributed by atoms with E-state index in [-0.39, 0.29) is 11.4 Å². The van der Waals surface area contributed by atoms with Crippen LogP contribution in [0.25, 0.3) is 0 Å². The third-order valence-corrected chi connectivity index (χ3v) is 5.33. The lowest BCUT2D eigenvalue weighted by atomic mass is 9.83. The van der Waals surface area contributed by atoms with E-state index in [1.165, 1.54) is 31.5 Å². The Bertz CT molecular complexity index is 986. The molecule has 1 atom stereocenters. The van der Waals surface area contributed by atoms with Crippen molar-refractivity contribution >= 4 is 15.7 Å². The van der Waals surface area contributed by atoms with E-state index in [0.29, 0.717) is 17.5 Å². The SMILES string of the molecule is C[C@@H](/C=C/S(C)(=O)=O)NC(=O)c1cnc(CC2CCC2)nc1Oc1ccccc1. The quantitative estimate of drug-likeness (QED) is 0.710. The summed E-state index contributed by atoms with van der Waals surface area (Å²) in [5.74, 6) is 1.57. The summed E-state index contributed by atoms with van der Waals surface area (Å²) in [6.07, 6.45) is 8.32. The molecule has 2 aromatic rings. The number of aromatic nitrogens is 2. The Kier molecular flexibility index (Phi) is 6.64. The van der Waals surface area contributed by atoms with Crippen molar-refractivity contribution in [3.63, 3.8) is 0 Å². The van der Waals surface area contributed by atoms with Gasteiger partial charge < -0.3 is 10.1 Å². The van der Waals surface area contributed by atoms with Crippen LogP contribution in [0.1, 0.15) is 42.4 Å². The van der Waals surface area contributed by atoms with E-state index in [4.69, 9.17) is 4.74 Å². The normalized spacial score (nSPS) is 15.7. The molecule has 1 heterocycles. The second-order valence-electron chi connectivity index (χ2n) is 7.34. The number of sulfone groups is 1. The number of carbonyl (C=O) groups excluding carboxylic acids is 1. The van der Waals surface area contributed by atoms with Crippen LogP contribution in [-0.2, 0) is 16.3 Å². The number of amides is 1. The summed E-state index contributed by atoms with van der Waals surface area (Å²) in [6, 6.07) is 8.63. The Morgan fingerprint density at radius 2 is 2.03 bits per heavy atom. The molecule has 1 amide bonds. The fourth-order valence-electron chi connectivity index (χ4n) is 2.88. The van der Waals surface area contributed by atoms with Crippen LogP contribution in [0, 0.1) is 5.92 Å². The Hall–Kier alpha value is -2.74. The second kappa shape index (κ2) is 9.17. The van der Waals surface area contributed by atoms with Crippen LogP contribution in [0.2, 0.25) is 0 Å². The predicted octanol–water partition coefficient (Wildman–Crippen LogP) is 3.29. The van der Waals surface area contributed by atoms with Crippen LogP contribution in [-0.4, -0.2) is 36.6 Å². The monoisotopic (exact) mass is 415 g/mol. The number of hydrogen-bond acceptors (Lipinski definition) is 6. The molecule has 1 fully saturated rings. The topological polar surface area (TPSA) is 98.2 Å². The highest BCUT2D eigenvalue weighted by Gasteiger charge is 2.22. The molecule has 7 nitrogen and oxygen atoms in total. The van der Waals surface area contributed by atoms with Crippen molar-refractivity contribution in [3.8, 4) is 11.6 Å². The minimum atomic E-state index is -3.26. The van der Waals surface area contributed by atoms with Crippen molar-refractivity contribution in [2.45, 2.75) is 38.6 Å². The maximum Gasteiger partial charge on any atom is 0.258 e. The van der Waals surface area contributed by atoms with Crippen LogP contribution in [0.5, 0.6) is 11.6 Å². The molecule has 1 aliphatic carbocycles. The maximum atomic E-state index is 12.7. The first-order chi connectivity index (χ1) is 13.8. The molecule has 0 radical (unpaired) electrons. The molecule has 0 spiro atoms. The summed E-state index contributed by atoms with van der Waals surface area (Å²) in [4.78, 5) is 21.6. The van der Waals surface area contributed by atoms with E-state index in [9.17, 15) is 13.2 Å². The molecular formula is C21H25N3O4S. The lowest BCUT2D eigenvalue weighted by Gasteiger charge is -2.24. The van der Waals surface area contributed by atoms with E-state index < -0.39 is 21.8 Å². The van der Waals surface area contributed by atoms with Crippen molar-refractivity contribution < 1.29 is 17.9 Å². The Balaban J connectivity index is 1.81. The highest BCUT2D eigenvalue weighted by atomic mass is 32.2. The Morgan fingerprint density at radius 3 is 2.66 bits per heavy atom. The highest BCUT2D eigenvalue weighted by Crippen LogP contribution is 2.30. The van der Waals surface area contributed by atoms with Gasteiger partial charge in [0, 0.05) is 30.3 Å². The number of hydrogen-bond donors (Lipinski definition) is 1. The molecule has 29 heavy (non-hydrogen) atoms. The van der Waals surface area contributed by atoms with E-state index in [0.717, 1.165) is 18.1 Å². The van der Waals surface area contributed by atoms with Crippen molar-refractivity contribution in [3.05, 3.63) is 59.4 Å². The fourth-order valence-corrected chi connectivity index (χ4v) is 3.40. The van der Waals surface area contributed by atoms with Crippen molar-refractivity contribution in [1.29, 1.82) is 0 Å². The summed E-state index contributed by atoms with van der Waals surface area (Å²) >= 11 is 0. The van der Waals surface area contributed by atoms with E-state index >= 15 is 0 Å². The molecule has 0 bridgehead atoms. The molecule has 1 saturated carbocycles. The summed E-state index contributed by atoms with van der Waals surface area (Å²) in [7, 11) is -3.26. The molecular weight excluding hydrogens is 390 g/mol. The summed E-state index contributed by atoms with van der Waals surface area (Å²) in [5, 5.41) is 3.79. The van der Waals surface area contributed by atoms with Gasteiger partial charge in [-0.3, -0.25) is 4.79 Å². The van der Waals surface area contributed by atoms with E-state index in [1.54, 1.807) is 19.1 Å². The average Bonchev–Trinajstić information content (AvgIpc) is 2.63. The highest BCUT2D eigenvalue weighted by molar-refractivity contribution is 7.93. The van der Waals surface area contributed by atoms with Gasteiger partial charge in [-0.25, -0.2) is 13.4 Å². The van der Waals surface area contributed by atoms with Gasteiger partial charge >= 0.3 is 0 Å². The third kappa shape index (κ3) is 6.39. The third-order valence-electron chi connectivity index (χ3n) is 4.68. The smallest absolute Gasteiger partial charge is 0.258 e. The molecule has 3 rings (SSSR count). The number of para-hydroxylation sites is 1. The van der Waals surface area contributed by atoms with Gasteiger partial charge in [0.1, 0.15) is 17.1 Å². The Labute approximate surface area is 171 Å². The number of benzene rings is 1. The standard InChI is InChI=1S/C21H25N3O4S/c1-15(11-12-29(2,26)27)23-20(25)18-14-22-19(13-16-7-6-8-16)24-21(18)28-17-9-4-3-5-10-17/h3-5,9-12,14-16H,6-8,13H2,1-2H3,(H,23,25)/b12-11+/t15-/m0/s1. The minimum absolute atomic E-state index is 0.192. The number of carbonyl (C=O) groups is 1. The van der Waals surface area contributed by atoms with E-state index in [2.05, 4.69) is 15.3 Å². The summed E-state index contributed by atoms with van der Waals surface area (Å²) < 4.78 is 28.4. The Morgan fingerprint density at radius 1 is 1.31 bits per heavy atom. The first-order valence-corrected chi connectivity index (χ1v) is 11.5. The van der Waals surface area contributed by atoms with Gasteiger partial charge in [-0.2, -0.15) is 4.98 Å². The van der Waals surface area contributed by atoms with Gasteiger partial charge in [-0.1, -0.05) is 43.5 Å². The van der Waals surface area contributed by atoms with E-state index in [1.807, 2.05) is 18.2 Å². The molecule has 8 heteroatoms. The number of rotatable bonds is 8. The molecule has 0 unspecified atom stereocenters. The minimum Gasteiger partial charge on any atom is -0.438 e. The average molecular weight is 416 g/mol. The van der Waals surface area contributed by atoms with Gasteiger partial charge in [0.15, 0.2) is 9.84 Å². The second-order valence-corrected chi connectivity index (χ2v) is 9.27. The zero-order valence-electron chi connectivity index (χ0n) is 16.5.